The summed E-state index contributed by atoms with van der Waals surface area (Å²) in [5, 5.41) is 14.1. The number of hydrogen-bond donors (Lipinski definition) is 2. The number of carbonyl (C=O) groups is 1. The summed E-state index contributed by atoms with van der Waals surface area (Å²) in [6, 6.07) is -0.798. The van der Waals surface area contributed by atoms with Crippen LogP contribution in [0.2, 0.25) is 0 Å². The van der Waals surface area contributed by atoms with Gasteiger partial charge in [0.2, 0.25) is 5.91 Å². The number of hydrogen-bond acceptors (Lipinski definition) is 6. The number of quaternary nitrogens is 1. The number of unbranched alkanes of at least 4 members (excludes halogenated alkanes) is 52. The number of likely N-dealkylation sites (N-methyl/N-ethyl adjacent to an activating group) is 1. The van der Waals surface area contributed by atoms with Gasteiger partial charge in [-0.1, -0.05) is 359 Å². The minimum atomic E-state index is -4.58. The highest BCUT2D eigenvalue weighted by Gasteiger charge is 2.24. The molecule has 0 aromatic rings. The molecule has 3 unspecified atom stereocenters. The van der Waals surface area contributed by atoms with Crippen LogP contribution in [0.3, 0.4) is 0 Å². The summed E-state index contributed by atoms with van der Waals surface area (Å²) in [6.45, 7) is 4.77. The quantitative estimate of drug-likeness (QED) is 0.0272. The summed E-state index contributed by atoms with van der Waals surface area (Å²) < 4.78 is 23.5. The number of amides is 1. The number of aliphatic hydroxyl groups is 1. The van der Waals surface area contributed by atoms with Crippen LogP contribution in [0.1, 0.15) is 386 Å². The highest BCUT2D eigenvalue weighted by atomic mass is 31.2. The molecule has 0 bridgehead atoms. The van der Waals surface area contributed by atoms with Gasteiger partial charge in [-0.3, -0.25) is 9.36 Å². The van der Waals surface area contributed by atoms with E-state index in [2.05, 4.69) is 43.5 Å². The molecule has 0 aliphatic rings. The predicted octanol–water partition coefficient (Wildman–Crippen LogP) is 22.8. The monoisotopic (exact) mass is 1180 g/mol. The van der Waals surface area contributed by atoms with Gasteiger partial charge in [0.15, 0.2) is 0 Å². The van der Waals surface area contributed by atoms with Gasteiger partial charge in [-0.2, -0.15) is 0 Å². The summed E-state index contributed by atoms with van der Waals surface area (Å²) in [5.74, 6) is -0.155. The van der Waals surface area contributed by atoms with Crippen molar-refractivity contribution in [3.63, 3.8) is 0 Å². The molecule has 0 radical (unpaired) electrons. The number of carbonyl (C=O) groups excluding carboxylic acids is 1. The van der Waals surface area contributed by atoms with E-state index in [0.717, 1.165) is 44.9 Å². The molecule has 0 heterocycles. The van der Waals surface area contributed by atoms with Crippen molar-refractivity contribution in [2.24, 2.45) is 0 Å². The van der Waals surface area contributed by atoms with Gasteiger partial charge < -0.3 is 28.8 Å². The smallest absolute Gasteiger partial charge is 0.268 e. The Kier molecular flexibility index (Phi) is 63.7. The van der Waals surface area contributed by atoms with Gasteiger partial charge in [0, 0.05) is 6.42 Å². The highest BCUT2D eigenvalue weighted by Crippen LogP contribution is 2.38. The van der Waals surface area contributed by atoms with Crippen LogP contribution in [0.4, 0.5) is 0 Å². The number of allylic oxidation sites excluding steroid dienone is 4. The van der Waals surface area contributed by atoms with Crippen LogP contribution in [0, 0.1) is 0 Å². The molecule has 1 amide bonds. The minimum absolute atomic E-state index is 0.0157. The third kappa shape index (κ3) is 66.5. The second-order valence-electron chi connectivity index (χ2n) is 26.7. The highest BCUT2D eigenvalue weighted by molar-refractivity contribution is 7.45. The Labute approximate surface area is 513 Å². The van der Waals surface area contributed by atoms with Crippen LogP contribution in [0.15, 0.2) is 24.3 Å². The number of nitrogens with zero attached hydrogens (tertiary/aromatic N) is 1. The Bertz CT molecular complexity index is 1390. The lowest BCUT2D eigenvalue weighted by Crippen LogP contribution is -2.46. The molecule has 8 nitrogen and oxygen atoms in total. The van der Waals surface area contributed by atoms with Crippen molar-refractivity contribution in [2.45, 2.75) is 398 Å². The molecule has 0 aliphatic heterocycles. The maximum atomic E-state index is 13.1. The first-order chi connectivity index (χ1) is 40.0. The van der Waals surface area contributed by atoms with E-state index >= 15 is 0 Å². The molecule has 2 N–H and O–H groups in total. The van der Waals surface area contributed by atoms with E-state index in [4.69, 9.17) is 9.05 Å². The third-order valence-electron chi connectivity index (χ3n) is 17.2. The molecule has 3 atom stereocenters. The van der Waals surface area contributed by atoms with Crippen molar-refractivity contribution < 1.29 is 32.9 Å². The van der Waals surface area contributed by atoms with Gasteiger partial charge in [0.1, 0.15) is 13.2 Å². The Balaban J connectivity index is 3.88. The van der Waals surface area contributed by atoms with Crippen molar-refractivity contribution in [3.05, 3.63) is 24.3 Å². The summed E-state index contributed by atoms with van der Waals surface area (Å²) in [7, 11) is 1.33. The van der Waals surface area contributed by atoms with Crippen LogP contribution in [0.25, 0.3) is 0 Å². The number of rotatable bonds is 69. The molecule has 0 aromatic carbocycles. The molecular formula is C73H145N2O6P. The largest absolute Gasteiger partial charge is 0.756 e. The third-order valence-corrected chi connectivity index (χ3v) is 18.2. The lowest BCUT2D eigenvalue weighted by molar-refractivity contribution is -0.870. The molecule has 0 saturated heterocycles. The molecule has 0 aromatic heterocycles. The average Bonchev–Trinajstić information content (AvgIpc) is 3.46. The van der Waals surface area contributed by atoms with E-state index in [-0.39, 0.29) is 19.1 Å². The second-order valence-corrected chi connectivity index (χ2v) is 28.1. The van der Waals surface area contributed by atoms with Crippen LogP contribution < -0.4 is 10.2 Å². The number of nitrogens with one attached hydrogen (secondary N) is 1. The molecule has 9 heteroatoms. The standard InChI is InChI=1S/C73H145N2O6P/c1-6-8-10-12-14-16-18-20-22-24-26-28-29-30-31-32-33-34-35-36-37-38-39-40-41-42-43-44-45-47-49-51-53-55-57-59-61-63-65-67-73(77)74-71(70-81-82(78,79)80-69-68-75(3,4)5)72(76)66-64-62-60-58-56-54-52-50-48-46-27-25-23-21-19-17-15-13-11-9-7-2/h18,20,24,26,71-72,76H,6-17,19,21-23,25,27-70H2,1-5H3,(H-,74,77,78,79)/b20-18-,26-24-. The van der Waals surface area contributed by atoms with Gasteiger partial charge in [-0.25, -0.2) is 0 Å². The minimum Gasteiger partial charge on any atom is -0.756 e. The van der Waals surface area contributed by atoms with Crippen LogP contribution in [0.5, 0.6) is 0 Å². The maximum Gasteiger partial charge on any atom is 0.268 e. The Morgan fingerprint density at radius 3 is 1.01 bits per heavy atom. The molecule has 488 valence electrons. The first-order valence-electron chi connectivity index (χ1n) is 36.7. The van der Waals surface area contributed by atoms with E-state index in [1.807, 2.05) is 21.1 Å². The topological polar surface area (TPSA) is 108 Å². The van der Waals surface area contributed by atoms with Gasteiger partial charge in [-0.05, 0) is 44.9 Å². The van der Waals surface area contributed by atoms with E-state index in [0.29, 0.717) is 23.9 Å². The molecule has 0 saturated carbocycles. The van der Waals surface area contributed by atoms with Crippen LogP contribution >= 0.6 is 7.82 Å². The normalized spacial score (nSPS) is 13.7. The maximum absolute atomic E-state index is 13.1. The zero-order valence-corrected chi connectivity index (χ0v) is 56.9. The van der Waals surface area contributed by atoms with Gasteiger partial charge in [0.25, 0.3) is 7.82 Å². The predicted molar refractivity (Wildman–Crippen MR) is 358 cm³/mol. The molecule has 0 aliphatic carbocycles. The van der Waals surface area contributed by atoms with E-state index < -0.39 is 20.0 Å². The zero-order valence-electron chi connectivity index (χ0n) is 56.0. The summed E-state index contributed by atoms with van der Waals surface area (Å²) >= 11 is 0. The molecule has 0 rings (SSSR count). The van der Waals surface area contributed by atoms with E-state index in [1.54, 1.807) is 0 Å². The van der Waals surface area contributed by atoms with Crippen molar-refractivity contribution >= 4 is 13.7 Å². The lowest BCUT2D eigenvalue weighted by Gasteiger charge is -2.30. The van der Waals surface area contributed by atoms with Gasteiger partial charge in [-0.15, -0.1) is 0 Å². The fourth-order valence-corrected chi connectivity index (χ4v) is 12.2. The fourth-order valence-electron chi connectivity index (χ4n) is 11.5. The van der Waals surface area contributed by atoms with Crippen LogP contribution in [-0.4, -0.2) is 68.5 Å². The van der Waals surface area contributed by atoms with Gasteiger partial charge in [0.05, 0.1) is 39.9 Å². The zero-order chi connectivity index (χ0) is 59.8. The summed E-state index contributed by atoms with van der Waals surface area (Å²) in [6.07, 6.45) is 84.2. The number of aliphatic hydroxyl groups excluding tert-OH is 1. The fraction of sp³-hybridized carbons (Fsp3) is 0.932. The van der Waals surface area contributed by atoms with Crippen molar-refractivity contribution in [1.82, 2.24) is 5.32 Å². The Morgan fingerprint density at radius 2 is 0.707 bits per heavy atom. The Morgan fingerprint density at radius 1 is 0.427 bits per heavy atom. The summed E-state index contributed by atoms with van der Waals surface area (Å²) in [5.41, 5.74) is 0. The molecule has 0 fully saturated rings. The summed E-state index contributed by atoms with van der Waals surface area (Å²) in [4.78, 5) is 25.7. The number of phosphoric acid groups is 1. The average molecular weight is 1180 g/mol. The number of phosphoric ester groups is 1. The van der Waals surface area contributed by atoms with E-state index in [1.165, 1.54) is 315 Å². The van der Waals surface area contributed by atoms with E-state index in [9.17, 15) is 19.4 Å². The SMILES string of the molecule is CCCCCCC/C=C\C/C=C\CCCCCCCCCCCCCCCCCCCCCCCCCCCCCC(=O)NC(COP(=O)([O-])OCC[N+](C)(C)C)C(O)CCCCCCCCCCCCCCCCCCCCCCC. The van der Waals surface area contributed by atoms with Crippen LogP contribution in [-0.2, 0) is 18.4 Å². The first kappa shape index (κ1) is 81.0. The second kappa shape index (κ2) is 64.5. The van der Waals surface area contributed by atoms with Crippen molar-refractivity contribution in [2.75, 3.05) is 40.9 Å². The lowest BCUT2D eigenvalue weighted by atomic mass is 10.0. The molecular weight excluding hydrogens is 1030 g/mol. The molecule has 0 spiro atoms. The molecule has 82 heavy (non-hydrogen) atoms. The Hall–Kier alpha value is -1.02. The first-order valence-corrected chi connectivity index (χ1v) is 38.1. The van der Waals surface area contributed by atoms with Crippen molar-refractivity contribution in [1.29, 1.82) is 0 Å². The van der Waals surface area contributed by atoms with Gasteiger partial charge >= 0.3 is 0 Å². The van der Waals surface area contributed by atoms with Crippen molar-refractivity contribution in [3.8, 4) is 0 Å².